The van der Waals surface area contributed by atoms with Gasteiger partial charge in [0.05, 0.1) is 13.4 Å². The zero-order valence-corrected chi connectivity index (χ0v) is 21.5. The molecule has 1 saturated heterocycles. The van der Waals surface area contributed by atoms with Crippen LogP contribution in [0.1, 0.15) is 56.6 Å². The van der Waals surface area contributed by atoms with Crippen LogP contribution in [0.15, 0.2) is 55.0 Å². The third-order valence-electron chi connectivity index (χ3n) is 7.77. The van der Waals surface area contributed by atoms with Gasteiger partial charge in [-0.05, 0) is 37.3 Å². The summed E-state index contributed by atoms with van der Waals surface area (Å²) in [5.74, 6) is 2.08. The molecule has 0 unspecified atom stereocenters. The van der Waals surface area contributed by atoms with Crippen molar-refractivity contribution >= 4 is 17.0 Å². The van der Waals surface area contributed by atoms with Crippen LogP contribution in [-0.4, -0.2) is 55.6 Å². The number of nitrogens with zero attached hydrogens (tertiary/aromatic N) is 6. The highest BCUT2D eigenvalue weighted by atomic mass is 16.5. The third-order valence-corrected chi connectivity index (χ3v) is 7.77. The minimum atomic E-state index is 0.354. The average molecular weight is 498 g/mol. The number of methoxy groups -OCH3 is 1. The van der Waals surface area contributed by atoms with E-state index < -0.39 is 0 Å². The maximum absolute atomic E-state index is 5.25. The largest absolute Gasteiger partial charge is 0.481 e. The third kappa shape index (κ3) is 5.30. The molecular formula is C29H35N7O. The van der Waals surface area contributed by atoms with Crippen LogP contribution < -0.4 is 10.1 Å². The Morgan fingerprint density at radius 2 is 1.73 bits per heavy atom. The van der Waals surface area contributed by atoms with E-state index in [9.17, 15) is 0 Å². The van der Waals surface area contributed by atoms with Crippen LogP contribution in [0, 0.1) is 0 Å². The standard InChI is InChI=1S/C29H35N7O/c1-37-25-13-12-22(18-30-25)27-33-28(26-29(34-27)36(20-31-26)24-10-6-3-7-11-24)32-23-14-16-35(17-15-23)19-21-8-4-2-5-9-21/h2,4-5,8-9,12-13,18,20,23-24H,3,6-7,10-11,14-17,19H2,1H3,(H,32,33,34). The molecule has 0 atom stereocenters. The Morgan fingerprint density at radius 1 is 0.919 bits per heavy atom. The normalized spacial score (nSPS) is 17.8. The minimum Gasteiger partial charge on any atom is -0.481 e. The van der Waals surface area contributed by atoms with Gasteiger partial charge in [0.2, 0.25) is 5.88 Å². The van der Waals surface area contributed by atoms with Crippen molar-refractivity contribution in [3.05, 3.63) is 60.6 Å². The van der Waals surface area contributed by atoms with Gasteiger partial charge < -0.3 is 14.6 Å². The summed E-state index contributed by atoms with van der Waals surface area (Å²) in [6.45, 7) is 3.13. The summed E-state index contributed by atoms with van der Waals surface area (Å²) >= 11 is 0. The predicted octanol–water partition coefficient (Wildman–Crippen LogP) is 5.48. The smallest absolute Gasteiger partial charge is 0.212 e. The molecule has 1 N–H and O–H groups in total. The van der Waals surface area contributed by atoms with Crippen LogP contribution in [-0.2, 0) is 6.54 Å². The number of anilines is 1. The van der Waals surface area contributed by atoms with Gasteiger partial charge in [0.1, 0.15) is 5.52 Å². The first-order valence-corrected chi connectivity index (χ1v) is 13.5. The molecule has 6 rings (SSSR count). The van der Waals surface area contributed by atoms with Crippen molar-refractivity contribution in [3.8, 4) is 17.3 Å². The van der Waals surface area contributed by atoms with Gasteiger partial charge >= 0.3 is 0 Å². The molecule has 0 bridgehead atoms. The monoisotopic (exact) mass is 497 g/mol. The number of likely N-dealkylation sites (tertiary alicyclic amines) is 1. The van der Waals surface area contributed by atoms with Crippen LogP contribution in [0.3, 0.4) is 0 Å². The first-order valence-electron chi connectivity index (χ1n) is 13.5. The maximum atomic E-state index is 5.25. The zero-order valence-electron chi connectivity index (χ0n) is 21.5. The number of nitrogens with one attached hydrogen (secondary N) is 1. The van der Waals surface area contributed by atoms with Gasteiger partial charge in [-0.15, -0.1) is 0 Å². The molecule has 4 heterocycles. The van der Waals surface area contributed by atoms with Crippen LogP contribution >= 0.6 is 0 Å². The fraction of sp³-hybridized carbons (Fsp3) is 0.448. The van der Waals surface area contributed by atoms with Gasteiger partial charge in [-0.3, -0.25) is 4.90 Å². The molecule has 1 saturated carbocycles. The number of ether oxygens (including phenoxy) is 1. The van der Waals surface area contributed by atoms with E-state index in [0.29, 0.717) is 23.8 Å². The number of piperidine rings is 1. The van der Waals surface area contributed by atoms with Gasteiger partial charge in [0.15, 0.2) is 17.3 Å². The molecule has 8 nitrogen and oxygen atoms in total. The lowest BCUT2D eigenvalue weighted by Crippen LogP contribution is -2.38. The van der Waals surface area contributed by atoms with Crippen molar-refractivity contribution in [2.24, 2.45) is 0 Å². The SMILES string of the molecule is COc1ccc(-c2nc(NC3CCN(Cc4ccccc4)CC3)c3ncn(C4CCCCC4)c3n2)cn1. The van der Waals surface area contributed by atoms with Gasteiger partial charge in [0, 0.05) is 49.5 Å². The molecular weight excluding hydrogens is 462 g/mol. The number of aromatic nitrogens is 5. The molecule has 1 aromatic carbocycles. The minimum absolute atomic E-state index is 0.354. The van der Waals surface area contributed by atoms with Gasteiger partial charge in [0.25, 0.3) is 0 Å². The first-order chi connectivity index (χ1) is 18.3. The molecule has 1 aliphatic carbocycles. The van der Waals surface area contributed by atoms with Crippen molar-refractivity contribution in [2.45, 2.75) is 63.6 Å². The second-order valence-corrected chi connectivity index (χ2v) is 10.3. The Bertz CT molecular complexity index is 1310. The van der Waals surface area contributed by atoms with Crippen LogP contribution in [0.2, 0.25) is 0 Å². The van der Waals surface area contributed by atoms with Gasteiger partial charge in [-0.2, -0.15) is 0 Å². The second kappa shape index (κ2) is 10.8. The Labute approximate surface area is 218 Å². The average Bonchev–Trinajstić information content (AvgIpc) is 3.40. The lowest BCUT2D eigenvalue weighted by Gasteiger charge is -2.32. The molecule has 3 aromatic heterocycles. The molecule has 2 fully saturated rings. The first kappa shape index (κ1) is 23.9. The number of hydrogen-bond acceptors (Lipinski definition) is 7. The summed E-state index contributed by atoms with van der Waals surface area (Å²) in [5, 5.41) is 3.76. The Balaban J connectivity index is 1.26. The Morgan fingerprint density at radius 3 is 2.46 bits per heavy atom. The van der Waals surface area contributed by atoms with E-state index >= 15 is 0 Å². The fourth-order valence-corrected chi connectivity index (χ4v) is 5.68. The van der Waals surface area contributed by atoms with E-state index in [2.05, 4.69) is 50.1 Å². The lowest BCUT2D eigenvalue weighted by molar-refractivity contribution is 0.211. The summed E-state index contributed by atoms with van der Waals surface area (Å²) in [5.41, 5.74) is 4.02. The quantitative estimate of drug-likeness (QED) is 0.362. The van der Waals surface area contributed by atoms with E-state index in [1.165, 1.54) is 37.7 Å². The summed E-state index contributed by atoms with van der Waals surface area (Å²) in [4.78, 5) is 21.7. The van der Waals surface area contributed by atoms with Crippen molar-refractivity contribution < 1.29 is 4.74 Å². The Hall–Kier alpha value is -3.52. The van der Waals surface area contributed by atoms with E-state index in [0.717, 1.165) is 55.0 Å². The topological polar surface area (TPSA) is 81.0 Å². The molecule has 8 heteroatoms. The summed E-state index contributed by atoms with van der Waals surface area (Å²) in [6, 6.07) is 15.4. The molecule has 0 spiro atoms. The number of benzene rings is 1. The highest BCUT2D eigenvalue weighted by Crippen LogP contribution is 2.33. The second-order valence-electron chi connectivity index (χ2n) is 10.3. The predicted molar refractivity (Wildman–Crippen MR) is 146 cm³/mol. The maximum Gasteiger partial charge on any atom is 0.212 e. The molecule has 2 aliphatic rings. The molecule has 192 valence electrons. The van der Waals surface area contributed by atoms with E-state index in [-0.39, 0.29) is 0 Å². The van der Waals surface area contributed by atoms with E-state index in [4.69, 9.17) is 19.7 Å². The van der Waals surface area contributed by atoms with Crippen molar-refractivity contribution in [1.29, 1.82) is 0 Å². The number of rotatable bonds is 7. The number of fused-ring (bicyclic) bond motifs is 1. The van der Waals surface area contributed by atoms with E-state index in [1.54, 1.807) is 13.3 Å². The molecule has 1 aliphatic heterocycles. The van der Waals surface area contributed by atoms with Crippen molar-refractivity contribution in [1.82, 2.24) is 29.4 Å². The molecule has 4 aromatic rings. The summed E-state index contributed by atoms with van der Waals surface area (Å²) in [7, 11) is 1.63. The Kier molecular flexibility index (Phi) is 6.99. The van der Waals surface area contributed by atoms with Crippen molar-refractivity contribution in [3.63, 3.8) is 0 Å². The fourth-order valence-electron chi connectivity index (χ4n) is 5.68. The van der Waals surface area contributed by atoms with Crippen LogP contribution in [0.5, 0.6) is 5.88 Å². The lowest BCUT2D eigenvalue weighted by atomic mass is 9.95. The summed E-state index contributed by atoms with van der Waals surface area (Å²) in [6.07, 6.45) is 12.1. The zero-order chi connectivity index (χ0) is 25.0. The highest BCUT2D eigenvalue weighted by Gasteiger charge is 2.24. The number of hydrogen-bond donors (Lipinski definition) is 1. The molecule has 0 radical (unpaired) electrons. The highest BCUT2D eigenvalue weighted by molar-refractivity contribution is 5.85. The van der Waals surface area contributed by atoms with Gasteiger partial charge in [-0.25, -0.2) is 19.9 Å². The van der Waals surface area contributed by atoms with Crippen LogP contribution in [0.4, 0.5) is 5.82 Å². The summed E-state index contributed by atoms with van der Waals surface area (Å²) < 4.78 is 7.53. The molecule has 0 amide bonds. The molecule has 37 heavy (non-hydrogen) atoms. The van der Waals surface area contributed by atoms with Crippen molar-refractivity contribution in [2.75, 3.05) is 25.5 Å². The van der Waals surface area contributed by atoms with E-state index in [1.807, 2.05) is 18.5 Å². The van der Waals surface area contributed by atoms with Gasteiger partial charge in [-0.1, -0.05) is 49.6 Å². The van der Waals surface area contributed by atoms with Crippen LogP contribution in [0.25, 0.3) is 22.6 Å². The number of imidazole rings is 1. The number of pyridine rings is 1.